The van der Waals surface area contributed by atoms with Crippen molar-refractivity contribution in [1.82, 2.24) is 14.7 Å². The number of nitrogens with zero attached hydrogens (tertiary/aromatic N) is 3. The Morgan fingerprint density at radius 1 is 1.42 bits per heavy atom. The number of rotatable bonds is 3. The van der Waals surface area contributed by atoms with E-state index in [0.29, 0.717) is 0 Å². The molecule has 0 aliphatic carbocycles. The molecule has 0 radical (unpaired) electrons. The average Bonchev–Trinajstić information content (AvgIpc) is 3.12. The number of aliphatic hydroxyl groups is 1. The average molecular weight is 381 g/mol. The predicted octanol–water partition coefficient (Wildman–Crippen LogP) is 2.04. The first kappa shape index (κ1) is 18.9. The van der Waals surface area contributed by atoms with Crippen LogP contribution in [0.4, 0.5) is 22.4 Å². The molecule has 1 aromatic rings. The second-order valence-electron chi connectivity index (χ2n) is 6.78. The highest BCUT2D eigenvalue weighted by molar-refractivity contribution is 5.65. The van der Waals surface area contributed by atoms with Gasteiger partial charge in [-0.1, -0.05) is 0 Å². The SMILES string of the molecule is O=C(O)N1CCC2(CC1)C[C@@H](n1cc(F)cn1)[C@@H](C(CO)C(F)(F)F)O2. The van der Waals surface area contributed by atoms with Crippen LogP contribution in [-0.4, -0.2) is 68.6 Å². The molecule has 0 aromatic carbocycles. The molecular weight excluding hydrogens is 362 g/mol. The Morgan fingerprint density at radius 3 is 2.54 bits per heavy atom. The lowest BCUT2D eigenvalue weighted by molar-refractivity contribution is -0.226. The van der Waals surface area contributed by atoms with Crippen LogP contribution in [0.15, 0.2) is 12.4 Å². The Hall–Kier alpha value is -1.88. The van der Waals surface area contributed by atoms with Crippen molar-refractivity contribution in [2.75, 3.05) is 19.7 Å². The molecule has 2 fully saturated rings. The van der Waals surface area contributed by atoms with E-state index in [4.69, 9.17) is 9.84 Å². The van der Waals surface area contributed by atoms with Crippen LogP contribution >= 0.6 is 0 Å². The van der Waals surface area contributed by atoms with E-state index in [2.05, 4.69) is 5.10 Å². The van der Waals surface area contributed by atoms with E-state index in [1.165, 1.54) is 4.90 Å². The minimum absolute atomic E-state index is 0.137. The molecular formula is C15H19F4N3O4. The van der Waals surface area contributed by atoms with E-state index < -0.39 is 48.4 Å². The summed E-state index contributed by atoms with van der Waals surface area (Å²) in [5, 5.41) is 22.1. The van der Waals surface area contributed by atoms with Crippen LogP contribution in [0.3, 0.4) is 0 Å². The topological polar surface area (TPSA) is 87.8 Å². The van der Waals surface area contributed by atoms with Gasteiger partial charge in [-0.25, -0.2) is 9.18 Å². The second kappa shape index (κ2) is 6.69. The van der Waals surface area contributed by atoms with E-state index in [9.17, 15) is 27.5 Å². The van der Waals surface area contributed by atoms with Crippen LogP contribution in [0.1, 0.15) is 25.3 Å². The lowest BCUT2D eigenvalue weighted by atomic mass is 9.86. The standard InChI is InChI=1S/C15H19F4N3O4/c16-9-6-20-22(7-9)11-5-14(1-3-21(4-2-14)13(24)25)26-12(11)10(8-23)15(17,18)19/h6-7,10-12,23H,1-5,8H2,(H,24,25)/t10?,11-,12-/m1/s1. The van der Waals surface area contributed by atoms with Crippen molar-refractivity contribution < 1.29 is 37.3 Å². The van der Waals surface area contributed by atoms with Gasteiger partial charge in [0.2, 0.25) is 0 Å². The van der Waals surface area contributed by atoms with E-state index >= 15 is 0 Å². The zero-order valence-electron chi connectivity index (χ0n) is 13.7. The Bertz CT molecular complexity index is 658. The van der Waals surface area contributed by atoms with E-state index in [0.717, 1.165) is 17.1 Å². The summed E-state index contributed by atoms with van der Waals surface area (Å²) < 4.78 is 60.3. The van der Waals surface area contributed by atoms with Gasteiger partial charge < -0.3 is 19.8 Å². The fourth-order valence-electron chi connectivity index (χ4n) is 3.82. The summed E-state index contributed by atoms with van der Waals surface area (Å²) >= 11 is 0. The molecule has 0 bridgehead atoms. The highest BCUT2D eigenvalue weighted by Crippen LogP contribution is 2.49. The summed E-state index contributed by atoms with van der Waals surface area (Å²) in [6.45, 7) is -0.887. The van der Waals surface area contributed by atoms with Crippen LogP contribution in [-0.2, 0) is 4.74 Å². The molecule has 2 N–H and O–H groups in total. The van der Waals surface area contributed by atoms with E-state index in [-0.39, 0.29) is 32.4 Å². The van der Waals surface area contributed by atoms with Crippen LogP contribution in [0, 0.1) is 11.7 Å². The predicted molar refractivity (Wildman–Crippen MR) is 78.9 cm³/mol. The zero-order chi connectivity index (χ0) is 19.1. The maximum atomic E-state index is 13.4. The number of carbonyl (C=O) groups is 1. The monoisotopic (exact) mass is 381 g/mol. The Labute approximate surface area is 146 Å². The molecule has 1 unspecified atom stereocenters. The van der Waals surface area contributed by atoms with Gasteiger partial charge in [0.1, 0.15) is 5.92 Å². The molecule has 1 aromatic heterocycles. The summed E-state index contributed by atoms with van der Waals surface area (Å²) in [5.41, 5.74) is -0.956. The molecule has 2 aliphatic rings. The molecule has 7 nitrogen and oxygen atoms in total. The van der Waals surface area contributed by atoms with E-state index in [1.807, 2.05) is 0 Å². The third kappa shape index (κ3) is 3.50. The quantitative estimate of drug-likeness (QED) is 0.783. The molecule has 2 aliphatic heterocycles. The lowest BCUT2D eigenvalue weighted by Crippen LogP contribution is -2.47. The number of carboxylic acid groups (broad SMARTS) is 1. The van der Waals surface area contributed by atoms with Gasteiger partial charge in [0.25, 0.3) is 0 Å². The van der Waals surface area contributed by atoms with Gasteiger partial charge in [-0.15, -0.1) is 0 Å². The molecule has 3 atom stereocenters. The highest BCUT2D eigenvalue weighted by atomic mass is 19.4. The first-order valence-corrected chi connectivity index (χ1v) is 8.18. The second-order valence-corrected chi connectivity index (χ2v) is 6.78. The number of aliphatic hydroxyl groups excluding tert-OH is 1. The zero-order valence-corrected chi connectivity index (χ0v) is 13.7. The van der Waals surface area contributed by atoms with Crippen molar-refractivity contribution in [3.05, 3.63) is 18.2 Å². The molecule has 1 spiro atoms. The Balaban J connectivity index is 1.87. The fourth-order valence-corrected chi connectivity index (χ4v) is 3.82. The van der Waals surface area contributed by atoms with Crippen LogP contribution in [0.25, 0.3) is 0 Å². The van der Waals surface area contributed by atoms with Gasteiger partial charge in [0.15, 0.2) is 5.82 Å². The number of hydrogen-bond acceptors (Lipinski definition) is 4. The number of aromatic nitrogens is 2. The van der Waals surface area contributed by atoms with Crippen LogP contribution in [0.2, 0.25) is 0 Å². The third-order valence-corrected chi connectivity index (χ3v) is 5.22. The maximum Gasteiger partial charge on any atom is 0.407 e. The van der Waals surface area contributed by atoms with Gasteiger partial charge in [-0.2, -0.15) is 18.3 Å². The smallest absolute Gasteiger partial charge is 0.407 e. The van der Waals surface area contributed by atoms with Crippen LogP contribution in [0.5, 0.6) is 0 Å². The molecule has 0 saturated carbocycles. The van der Waals surface area contributed by atoms with Gasteiger partial charge in [0.05, 0.1) is 36.7 Å². The summed E-state index contributed by atoms with van der Waals surface area (Å²) in [4.78, 5) is 12.2. The van der Waals surface area contributed by atoms with Crippen molar-refractivity contribution in [1.29, 1.82) is 0 Å². The summed E-state index contributed by atoms with van der Waals surface area (Å²) in [6, 6.07) is -0.908. The van der Waals surface area contributed by atoms with Gasteiger partial charge in [-0.3, -0.25) is 4.68 Å². The lowest BCUT2D eigenvalue weighted by Gasteiger charge is -2.38. The van der Waals surface area contributed by atoms with Crippen LogP contribution < -0.4 is 0 Å². The molecule has 146 valence electrons. The molecule has 2 saturated heterocycles. The minimum atomic E-state index is -4.70. The van der Waals surface area contributed by atoms with E-state index in [1.54, 1.807) is 0 Å². The van der Waals surface area contributed by atoms with Crippen molar-refractivity contribution in [2.45, 2.75) is 43.2 Å². The number of alkyl halides is 3. The van der Waals surface area contributed by atoms with Crippen molar-refractivity contribution >= 4 is 6.09 Å². The first-order valence-electron chi connectivity index (χ1n) is 8.18. The van der Waals surface area contributed by atoms with Crippen molar-refractivity contribution in [3.8, 4) is 0 Å². The highest BCUT2D eigenvalue weighted by Gasteiger charge is 2.57. The molecule has 1 amide bonds. The molecule has 3 heterocycles. The number of ether oxygens (including phenoxy) is 1. The van der Waals surface area contributed by atoms with Gasteiger partial charge in [-0.05, 0) is 12.8 Å². The fraction of sp³-hybridized carbons (Fsp3) is 0.733. The first-order chi connectivity index (χ1) is 12.1. The maximum absolute atomic E-state index is 13.4. The molecule has 26 heavy (non-hydrogen) atoms. The van der Waals surface area contributed by atoms with Crippen molar-refractivity contribution in [3.63, 3.8) is 0 Å². The minimum Gasteiger partial charge on any atom is -0.465 e. The number of halogens is 4. The number of hydrogen-bond donors (Lipinski definition) is 2. The van der Waals surface area contributed by atoms with Gasteiger partial charge >= 0.3 is 12.3 Å². The summed E-state index contributed by atoms with van der Waals surface area (Å²) in [7, 11) is 0. The summed E-state index contributed by atoms with van der Waals surface area (Å²) in [6.07, 6.45) is -4.74. The number of amides is 1. The third-order valence-electron chi connectivity index (χ3n) is 5.22. The number of piperidine rings is 1. The Morgan fingerprint density at radius 2 is 2.08 bits per heavy atom. The largest absolute Gasteiger partial charge is 0.465 e. The Kier molecular flexibility index (Phi) is 4.86. The molecule has 3 rings (SSSR count). The van der Waals surface area contributed by atoms with Crippen molar-refractivity contribution in [2.24, 2.45) is 5.92 Å². The normalized spacial score (nSPS) is 27.0. The summed E-state index contributed by atoms with van der Waals surface area (Å²) in [5.74, 6) is -2.82. The van der Waals surface area contributed by atoms with Gasteiger partial charge in [0, 0.05) is 19.5 Å². The molecule has 11 heteroatoms. The number of likely N-dealkylation sites (tertiary alicyclic amines) is 1.